The average Bonchev–Trinajstić information content (AvgIpc) is 2.33. The molecular weight excluding hydrogens is 200 g/mol. The van der Waals surface area contributed by atoms with E-state index >= 15 is 0 Å². The third-order valence-electron chi connectivity index (χ3n) is 3.59. The zero-order chi connectivity index (χ0) is 11.4. The fraction of sp³-hybridized carbons (Fsp3) is 0.571. The molecule has 2 nitrogen and oxygen atoms in total. The van der Waals surface area contributed by atoms with Gasteiger partial charge in [-0.25, -0.2) is 0 Å². The molecule has 2 heteroatoms. The fourth-order valence-corrected chi connectivity index (χ4v) is 2.33. The van der Waals surface area contributed by atoms with Crippen molar-refractivity contribution in [2.24, 2.45) is 5.41 Å². The minimum atomic E-state index is 0.0491. The summed E-state index contributed by atoms with van der Waals surface area (Å²) < 4.78 is 5.37. The minimum absolute atomic E-state index is 0.0491. The van der Waals surface area contributed by atoms with Crippen molar-refractivity contribution in [2.75, 3.05) is 19.8 Å². The molecule has 0 aromatic heterocycles. The van der Waals surface area contributed by atoms with Crippen LogP contribution in [-0.2, 0) is 11.2 Å². The number of ether oxygens (including phenoxy) is 1. The summed E-state index contributed by atoms with van der Waals surface area (Å²) in [6.45, 7) is 3.93. The first kappa shape index (κ1) is 11.6. The molecule has 1 saturated heterocycles. The van der Waals surface area contributed by atoms with Crippen molar-refractivity contribution in [3.63, 3.8) is 0 Å². The monoisotopic (exact) mass is 220 g/mol. The molecule has 0 aliphatic carbocycles. The van der Waals surface area contributed by atoms with E-state index in [0.717, 1.165) is 32.5 Å². The van der Waals surface area contributed by atoms with E-state index < -0.39 is 0 Å². The Bertz CT molecular complexity index is 323. The van der Waals surface area contributed by atoms with Gasteiger partial charge in [0.2, 0.25) is 0 Å². The standard InChI is InChI=1S/C14H20O2/c1-12-2-4-13(5-3-12)10-14(11-15)6-8-16-9-7-14/h2-5,15H,6-11H2,1H3. The number of hydrogen-bond donors (Lipinski definition) is 1. The first-order valence-electron chi connectivity index (χ1n) is 5.98. The molecule has 0 bridgehead atoms. The lowest BCUT2D eigenvalue weighted by Crippen LogP contribution is -2.35. The zero-order valence-electron chi connectivity index (χ0n) is 9.91. The summed E-state index contributed by atoms with van der Waals surface area (Å²) in [6, 6.07) is 8.61. The van der Waals surface area contributed by atoms with E-state index in [0.29, 0.717) is 0 Å². The third-order valence-corrected chi connectivity index (χ3v) is 3.59. The summed E-state index contributed by atoms with van der Waals surface area (Å²) in [7, 11) is 0. The molecule has 1 aliphatic heterocycles. The van der Waals surface area contributed by atoms with Crippen molar-refractivity contribution >= 4 is 0 Å². The van der Waals surface area contributed by atoms with Crippen molar-refractivity contribution in [2.45, 2.75) is 26.2 Å². The molecule has 0 saturated carbocycles. The maximum Gasteiger partial charge on any atom is 0.0492 e. The molecule has 1 aromatic carbocycles. The SMILES string of the molecule is Cc1ccc(CC2(CO)CCOCC2)cc1. The van der Waals surface area contributed by atoms with Crippen LogP contribution in [0.1, 0.15) is 24.0 Å². The number of rotatable bonds is 3. The van der Waals surface area contributed by atoms with Crippen LogP contribution in [-0.4, -0.2) is 24.9 Å². The molecule has 1 aromatic rings. The second-order valence-corrected chi connectivity index (χ2v) is 4.93. The molecule has 0 amide bonds. The highest BCUT2D eigenvalue weighted by molar-refractivity contribution is 5.22. The number of aliphatic hydroxyl groups is 1. The summed E-state index contributed by atoms with van der Waals surface area (Å²) in [5.74, 6) is 0. The highest BCUT2D eigenvalue weighted by Gasteiger charge is 2.31. The number of aliphatic hydroxyl groups excluding tert-OH is 1. The van der Waals surface area contributed by atoms with E-state index in [1.54, 1.807) is 0 Å². The first-order valence-corrected chi connectivity index (χ1v) is 5.98. The van der Waals surface area contributed by atoms with Gasteiger partial charge in [0.25, 0.3) is 0 Å². The van der Waals surface area contributed by atoms with Gasteiger partial charge >= 0.3 is 0 Å². The Morgan fingerprint density at radius 3 is 2.38 bits per heavy atom. The lowest BCUT2D eigenvalue weighted by atomic mass is 9.76. The molecule has 0 spiro atoms. The Hall–Kier alpha value is -0.860. The van der Waals surface area contributed by atoms with Crippen molar-refractivity contribution in [3.8, 4) is 0 Å². The van der Waals surface area contributed by atoms with Crippen LogP contribution >= 0.6 is 0 Å². The van der Waals surface area contributed by atoms with Crippen molar-refractivity contribution in [1.29, 1.82) is 0 Å². The van der Waals surface area contributed by atoms with E-state index in [9.17, 15) is 5.11 Å². The predicted molar refractivity (Wildman–Crippen MR) is 64.5 cm³/mol. The van der Waals surface area contributed by atoms with Gasteiger partial charge in [0.1, 0.15) is 0 Å². The first-order chi connectivity index (χ1) is 7.74. The smallest absolute Gasteiger partial charge is 0.0492 e. The molecule has 2 rings (SSSR count). The van der Waals surface area contributed by atoms with Gasteiger partial charge in [0.15, 0.2) is 0 Å². The Morgan fingerprint density at radius 1 is 1.19 bits per heavy atom. The molecular formula is C14H20O2. The molecule has 0 unspecified atom stereocenters. The zero-order valence-corrected chi connectivity index (χ0v) is 9.91. The number of benzene rings is 1. The van der Waals surface area contributed by atoms with Gasteiger partial charge in [-0.1, -0.05) is 29.8 Å². The Morgan fingerprint density at radius 2 is 1.81 bits per heavy atom. The Kier molecular flexibility index (Phi) is 3.62. The average molecular weight is 220 g/mol. The van der Waals surface area contributed by atoms with Crippen molar-refractivity contribution in [3.05, 3.63) is 35.4 Å². The molecule has 16 heavy (non-hydrogen) atoms. The summed E-state index contributed by atoms with van der Waals surface area (Å²) >= 11 is 0. The highest BCUT2D eigenvalue weighted by Crippen LogP contribution is 2.33. The third kappa shape index (κ3) is 2.63. The van der Waals surface area contributed by atoms with E-state index in [2.05, 4.69) is 31.2 Å². The van der Waals surface area contributed by atoms with E-state index in [4.69, 9.17) is 4.74 Å². The van der Waals surface area contributed by atoms with Gasteiger partial charge < -0.3 is 9.84 Å². The molecule has 1 N–H and O–H groups in total. The van der Waals surface area contributed by atoms with Crippen LogP contribution in [0.25, 0.3) is 0 Å². The highest BCUT2D eigenvalue weighted by atomic mass is 16.5. The molecule has 0 atom stereocenters. The Balaban J connectivity index is 2.08. The predicted octanol–water partition coefficient (Wildman–Crippen LogP) is 2.33. The van der Waals surface area contributed by atoms with Gasteiger partial charge in [0.05, 0.1) is 0 Å². The maximum absolute atomic E-state index is 9.60. The van der Waals surface area contributed by atoms with Crippen LogP contribution in [0.4, 0.5) is 0 Å². The van der Waals surface area contributed by atoms with Crippen LogP contribution in [0.3, 0.4) is 0 Å². The normalized spacial score (nSPS) is 19.6. The van der Waals surface area contributed by atoms with Gasteiger partial charge in [-0.3, -0.25) is 0 Å². The number of aryl methyl sites for hydroxylation is 1. The van der Waals surface area contributed by atoms with Crippen molar-refractivity contribution in [1.82, 2.24) is 0 Å². The van der Waals surface area contributed by atoms with Crippen LogP contribution in [0.5, 0.6) is 0 Å². The van der Waals surface area contributed by atoms with E-state index in [1.807, 2.05) is 0 Å². The molecule has 1 heterocycles. The van der Waals surface area contributed by atoms with E-state index in [1.165, 1.54) is 11.1 Å². The van der Waals surface area contributed by atoms with Crippen molar-refractivity contribution < 1.29 is 9.84 Å². The molecule has 1 aliphatic rings. The Labute approximate surface area is 97.3 Å². The minimum Gasteiger partial charge on any atom is -0.396 e. The number of hydrogen-bond acceptors (Lipinski definition) is 2. The summed E-state index contributed by atoms with van der Waals surface area (Å²) in [4.78, 5) is 0. The van der Waals surface area contributed by atoms with Gasteiger partial charge in [-0.15, -0.1) is 0 Å². The van der Waals surface area contributed by atoms with Gasteiger partial charge in [-0.05, 0) is 31.7 Å². The lowest BCUT2D eigenvalue weighted by Gasteiger charge is -2.35. The summed E-state index contributed by atoms with van der Waals surface area (Å²) in [6.07, 6.45) is 2.90. The summed E-state index contributed by atoms with van der Waals surface area (Å²) in [5, 5.41) is 9.60. The summed E-state index contributed by atoms with van der Waals surface area (Å²) in [5.41, 5.74) is 2.66. The van der Waals surface area contributed by atoms with Crippen LogP contribution in [0, 0.1) is 12.3 Å². The largest absolute Gasteiger partial charge is 0.396 e. The maximum atomic E-state index is 9.60. The van der Waals surface area contributed by atoms with E-state index in [-0.39, 0.29) is 12.0 Å². The molecule has 1 fully saturated rings. The van der Waals surface area contributed by atoms with Gasteiger partial charge in [0, 0.05) is 25.2 Å². The quantitative estimate of drug-likeness (QED) is 0.847. The molecule has 88 valence electrons. The van der Waals surface area contributed by atoms with Crippen LogP contribution in [0.15, 0.2) is 24.3 Å². The topological polar surface area (TPSA) is 29.5 Å². The lowest BCUT2D eigenvalue weighted by molar-refractivity contribution is -0.0157. The van der Waals surface area contributed by atoms with Gasteiger partial charge in [-0.2, -0.15) is 0 Å². The second kappa shape index (κ2) is 4.98. The molecule has 0 radical (unpaired) electrons. The van der Waals surface area contributed by atoms with Crippen LogP contribution in [0.2, 0.25) is 0 Å². The fourth-order valence-electron chi connectivity index (χ4n) is 2.33. The van der Waals surface area contributed by atoms with Crippen LogP contribution < -0.4 is 0 Å². The second-order valence-electron chi connectivity index (χ2n) is 4.93.